The molecule has 1 fully saturated rings. The van der Waals surface area contributed by atoms with Gasteiger partial charge in [0.1, 0.15) is 5.78 Å². The van der Waals surface area contributed by atoms with Crippen molar-refractivity contribution < 1.29 is 19.1 Å². The molecule has 0 heterocycles. The Balaban J connectivity index is 2.13. The number of benzene rings is 1. The van der Waals surface area contributed by atoms with E-state index in [0.29, 0.717) is 35.7 Å². The van der Waals surface area contributed by atoms with E-state index in [4.69, 9.17) is 9.47 Å². The van der Waals surface area contributed by atoms with E-state index >= 15 is 0 Å². The zero-order valence-corrected chi connectivity index (χ0v) is 12.7. The fraction of sp³-hybridized carbons (Fsp3) is 0.500. The second-order valence-corrected chi connectivity index (χ2v) is 5.26. The number of nitrogens with zero attached hydrogens (tertiary/aromatic N) is 1. The van der Waals surface area contributed by atoms with E-state index < -0.39 is 0 Å². The standard InChI is InChI=1S/C16H21NO4/c1-17(12-5-7-13(18)8-6-12)16(19)11-4-9-14(20-2)15(10-11)21-3/h4,9-10,12H,5-8H2,1-3H3. The van der Waals surface area contributed by atoms with Crippen molar-refractivity contribution in [1.29, 1.82) is 0 Å². The van der Waals surface area contributed by atoms with Crippen LogP contribution in [-0.4, -0.2) is 43.9 Å². The number of rotatable bonds is 4. The van der Waals surface area contributed by atoms with E-state index in [-0.39, 0.29) is 11.9 Å². The van der Waals surface area contributed by atoms with E-state index in [2.05, 4.69) is 0 Å². The third-order valence-corrected chi connectivity index (χ3v) is 4.01. The lowest BCUT2D eigenvalue weighted by molar-refractivity contribution is -0.121. The zero-order valence-electron chi connectivity index (χ0n) is 12.7. The Labute approximate surface area is 124 Å². The van der Waals surface area contributed by atoms with Gasteiger partial charge in [-0.2, -0.15) is 0 Å². The van der Waals surface area contributed by atoms with Crippen molar-refractivity contribution in [3.63, 3.8) is 0 Å². The number of ketones is 1. The van der Waals surface area contributed by atoms with Gasteiger partial charge >= 0.3 is 0 Å². The van der Waals surface area contributed by atoms with Gasteiger partial charge in [-0.05, 0) is 31.0 Å². The van der Waals surface area contributed by atoms with Crippen LogP contribution in [0.3, 0.4) is 0 Å². The fourth-order valence-corrected chi connectivity index (χ4v) is 2.65. The van der Waals surface area contributed by atoms with Crippen molar-refractivity contribution in [2.24, 2.45) is 0 Å². The Kier molecular flexibility index (Phi) is 4.83. The summed E-state index contributed by atoms with van der Waals surface area (Å²) in [5, 5.41) is 0. The monoisotopic (exact) mass is 291 g/mol. The summed E-state index contributed by atoms with van der Waals surface area (Å²) in [5.74, 6) is 1.36. The van der Waals surface area contributed by atoms with Gasteiger partial charge in [-0.1, -0.05) is 0 Å². The number of hydrogen-bond donors (Lipinski definition) is 0. The quantitative estimate of drug-likeness (QED) is 0.854. The van der Waals surface area contributed by atoms with Crippen molar-refractivity contribution in [3.05, 3.63) is 23.8 Å². The molecule has 1 aromatic carbocycles. The molecule has 0 aliphatic heterocycles. The van der Waals surface area contributed by atoms with Crippen LogP contribution >= 0.6 is 0 Å². The number of ether oxygens (including phenoxy) is 2. The molecule has 1 aliphatic carbocycles. The summed E-state index contributed by atoms with van der Waals surface area (Å²) < 4.78 is 10.4. The zero-order chi connectivity index (χ0) is 15.4. The average molecular weight is 291 g/mol. The third-order valence-electron chi connectivity index (χ3n) is 4.01. The summed E-state index contributed by atoms with van der Waals surface area (Å²) in [4.78, 5) is 25.6. The molecule has 5 nitrogen and oxygen atoms in total. The van der Waals surface area contributed by atoms with Crippen LogP contribution in [0.2, 0.25) is 0 Å². The molecule has 0 radical (unpaired) electrons. The van der Waals surface area contributed by atoms with Gasteiger partial charge < -0.3 is 14.4 Å². The van der Waals surface area contributed by atoms with Crippen molar-refractivity contribution >= 4 is 11.7 Å². The second kappa shape index (κ2) is 6.61. The summed E-state index contributed by atoms with van der Waals surface area (Å²) in [6.45, 7) is 0. The number of carbonyl (C=O) groups is 2. The molecule has 1 saturated carbocycles. The molecule has 0 saturated heterocycles. The molecule has 0 unspecified atom stereocenters. The van der Waals surface area contributed by atoms with Crippen LogP contribution in [0.4, 0.5) is 0 Å². The van der Waals surface area contributed by atoms with Crippen LogP contribution < -0.4 is 9.47 Å². The molecule has 1 aliphatic rings. The molecule has 0 N–H and O–H groups in total. The maximum atomic E-state index is 12.5. The molecule has 114 valence electrons. The summed E-state index contributed by atoms with van der Waals surface area (Å²) in [5.41, 5.74) is 0.562. The van der Waals surface area contributed by atoms with E-state index in [0.717, 1.165) is 12.8 Å². The van der Waals surface area contributed by atoms with Crippen molar-refractivity contribution in [3.8, 4) is 11.5 Å². The first-order chi connectivity index (χ1) is 10.1. The van der Waals surface area contributed by atoms with E-state index in [1.54, 1.807) is 44.4 Å². The van der Waals surface area contributed by atoms with Crippen LogP contribution in [-0.2, 0) is 4.79 Å². The molecule has 0 atom stereocenters. The number of Topliss-reactive ketones (excluding diaryl/α,β-unsaturated/α-hetero) is 1. The first-order valence-corrected chi connectivity index (χ1v) is 7.07. The van der Waals surface area contributed by atoms with E-state index in [9.17, 15) is 9.59 Å². The lowest BCUT2D eigenvalue weighted by atomic mass is 9.93. The first kappa shape index (κ1) is 15.4. The highest BCUT2D eigenvalue weighted by molar-refractivity contribution is 5.95. The molecular formula is C16H21NO4. The lowest BCUT2D eigenvalue weighted by Crippen LogP contribution is -2.39. The summed E-state index contributed by atoms with van der Waals surface area (Å²) in [7, 11) is 4.90. The number of hydrogen-bond acceptors (Lipinski definition) is 4. The highest BCUT2D eigenvalue weighted by Crippen LogP contribution is 2.29. The molecular weight excluding hydrogens is 270 g/mol. The number of amides is 1. The van der Waals surface area contributed by atoms with E-state index in [1.807, 2.05) is 0 Å². The van der Waals surface area contributed by atoms with Gasteiger partial charge in [0.2, 0.25) is 0 Å². The van der Waals surface area contributed by atoms with E-state index in [1.165, 1.54) is 0 Å². The minimum absolute atomic E-state index is 0.0599. The Bertz CT molecular complexity index is 531. The summed E-state index contributed by atoms with van der Waals surface area (Å²) in [6, 6.07) is 5.27. The van der Waals surface area contributed by atoms with Crippen LogP contribution in [0.5, 0.6) is 11.5 Å². The maximum Gasteiger partial charge on any atom is 0.253 e. The molecule has 2 rings (SSSR count). The van der Waals surface area contributed by atoms with Gasteiger partial charge in [0.25, 0.3) is 5.91 Å². The van der Waals surface area contributed by atoms with Crippen LogP contribution in [0.1, 0.15) is 36.0 Å². The average Bonchev–Trinajstić information content (AvgIpc) is 2.53. The van der Waals surface area contributed by atoms with Crippen molar-refractivity contribution in [1.82, 2.24) is 4.90 Å². The SMILES string of the molecule is COc1ccc(C(=O)N(C)C2CCC(=O)CC2)cc1OC. The maximum absolute atomic E-state index is 12.5. The molecule has 5 heteroatoms. The van der Waals surface area contributed by atoms with Gasteiger partial charge in [0.05, 0.1) is 14.2 Å². The second-order valence-electron chi connectivity index (χ2n) is 5.26. The molecule has 1 aromatic rings. The Hall–Kier alpha value is -2.04. The van der Waals surface area contributed by atoms with Crippen molar-refractivity contribution in [2.75, 3.05) is 21.3 Å². The minimum Gasteiger partial charge on any atom is -0.493 e. The largest absolute Gasteiger partial charge is 0.493 e. The minimum atomic E-state index is -0.0599. The molecule has 1 amide bonds. The molecule has 0 bridgehead atoms. The Morgan fingerprint density at radius 3 is 2.33 bits per heavy atom. The van der Waals surface area contributed by atoms with Crippen LogP contribution in [0.25, 0.3) is 0 Å². The Morgan fingerprint density at radius 1 is 1.14 bits per heavy atom. The topological polar surface area (TPSA) is 55.8 Å². The molecule has 21 heavy (non-hydrogen) atoms. The molecule has 0 spiro atoms. The normalized spacial score (nSPS) is 15.7. The smallest absolute Gasteiger partial charge is 0.253 e. The fourth-order valence-electron chi connectivity index (χ4n) is 2.65. The summed E-state index contributed by atoms with van der Waals surface area (Å²) >= 11 is 0. The van der Waals surface area contributed by atoms with Gasteiger partial charge in [-0.3, -0.25) is 9.59 Å². The van der Waals surface area contributed by atoms with Gasteiger partial charge in [-0.15, -0.1) is 0 Å². The summed E-state index contributed by atoms with van der Waals surface area (Å²) in [6.07, 6.45) is 2.62. The number of carbonyl (C=O) groups excluding carboxylic acids is 2. The molecule has 0 aromatic heterocycles. The van der Waals surface area contributed by atoms with Gasteiger partial charge in [0.15, 0.2) is 11.5 Å². The van der Waals surface area contributed by atoms with Crippen LogP contribution in [0.15, 0.2) is 18.2 Å². The lowest BCUT2D eigenvalue weighted by Gasteiger charge is -2.31. The van der Waals surface area contributed by atoms with Gasteiger partial charge in [0, 0.05) is 31.5 Å². The van der Waals surface area contributed by atoms with Gasteiger partial charge in [-0.25, -0.2) is 0 Å². The van der Waals surface area contributed by atoms with Crippen LogP contribution in [0, 0.1) is 0 Å². The highest BCUT2D eigenvalue weighted by Gasteiger charge is 2.26. The predicted octanol–water partition coefficient (Wildman–Crippen LogP) is 2.29. The van der Waals surface area contributed by atoms with Crippen molar-refractivity contribution in [2.45, 2.75) is 31.7 Å². The number of methoxy groups -OCH3 is 2. The first-order valence-electron chi connectivity index (χ1n) is 7.07. The predicted molar refractivity (Wildman–Crippen MR) is 78.9 cm³/mol. The third kappa shape index (κ3) is 3.35. The highest BCUT2D eigenvalue weighted by atomic mass is 16.5. The Morgan fingerprint density at radius 2 is 1.76 bits per heavy atom.